The van der Waals surface area contributed by atoms with Gasteiger partial charge in [-0.3, -0.25) is 0 Å². The van der Waals surface area contributed by atoms with Gasteiger partial charge in [0.15, 0.2) is 0 Å². The third-order valence-electron chi connectivity index (χ3n) is 3.47. The second-order valence-electron chi connectivity index (χ2n) is 5.43. The van der Waals surface area contributed by atoms with Crippen LogP contribution in [0, 0.1) is 12.7 Å². The van der Waals surface area contributed by atoms with Crippen molar-refractivity contribution < 1.29 is 12.8 Å². The van der Waals surface area contributed by atoms with Gasteiger partial charge in [0.05, 0.1) is 10.8 Å². The monoisotopic (exact) mass is 351 g/mol. The Morgan fingerprint density at radius 1 is 1.33 bits per heavy atom. The van der Waals surface area contributed by atoms with Crippen molar-refractivity contribution in [2.24, 2.45) is 0 Å². The van der Waals surface area contributed by atoms with Gasteiger partial charge < -0.3 is 0 Å². The summed E-state index contributed by atoms with van der Waals surface area (Å²) in [7, 11) is -3.61. The molecule has 1 heterocycles. The molecule has 2 atom stereocenters. The zero-order chi connectivity index (χ0) is 15.8. The molecule has 0 radical (unpaired) electrons. The molecule has 1 aromatic carbocycles. The number of nitrogens with zero attached hydrogens (tertiary/aromatic N) is 1. The smallest absolute Gasteiger partial charge is 0.207 e. The molecule has 0 bridgehead atoms. The first-order chi connectivity index (χ1) is 9.75. The van der Waals surface area contributed by atoms with Gasteiger partial charge in [0, 0.05) is 29.2 Å². The number of benzene rings is 1. The van der Waals surface area contributed by atoms with E-state index in [1.807, 2.05) is 13.8 Å². The van der Waals surface area contributed by atoms with Crippen LogP contribution < -0.4 is 0 Å². The molecule has 1 aliphatic rings. The predicted octanol–water partition coefficient (Wildman–Crippen LogP) is 3.39. The van der Waals surface area contributed by atoms with Crippen molar-refractivity contribution in [2.45, 2.75) is 42.0 Å². The molecule has 7 heteroatoms. The predicted molar refractivity (Wildman–Crippen MR) is 86.0 cm³/mol. The summed E-state index contributed by atoms with van der Waals surface area (Å²) < 4.78 is 40.9. The lowest BCUT2D eigenvalue weighted by molar-refractivity contribution is 0.404. The van der Waals surface area contributed by atoms with E-state index in [-0.39, 0.29) is 26.8 Å². The SMILES string of the molecule is Cc1cc(S(=O)(=O)N2CC(C)SC(C)C2)cc(CCl)c1F. The van der Waals surface area contributed by atoms with E-state index in [1.165, 1.54) is 16.4 Å². The summed E-state index contributed by atoms with van der Waals surface area (Å²) in [6, 6.07) is 2.74. The van der Waals surface area contributed by atoms with E-state index in [1.54, 1.807) is 18.7 Å². The van der Waals surface area contributed by atoms with E-state index >= 15 is 0 Å². The zero-order valence-corrected chi connectivity index (χ0v) is 14.7. The van der Waals surface area contributed by atoms with Gasteiger partial charge in [-0.15, -0.1) is 11.6 Å². The van der Waals surface area contributed by atoms with Crippen LogP contribution in [-0.2, 0) is 15.9 Å². The average Bonchev–Trinajstić information content (AvgIpc) is 2.40. The minimum absolute atomic E-state index is 0.0430. The van der Waals surface area contributed by atoms with Gasteiger partial charge in [-0.05, 0) is 24.6 Å². The highest BCUT2D eigenvalue weighted by molar-refractivity contribution is 8.00. The standard InChI is InChI=1S/C14H19ClFNO2S2/c1-9-4-13(5-12(6-15)14(9)16)21(18,19)17-7-10(2)20-11(3)8-17/h4-5,10-11H,6-8H2,1-3H3. The van der Waals surface area contributed by atoms with Gasteiger partial charge in [-0.25, -0.2) is 12.8 Å². The van der Waals surface area contributed by atoms with E-state index in [4.69, 9.17) is 11.6 Å². The molecule has 21 heavy (non-hydrogen) atoms. The Labute approximate surface area is 134 Å². The van der Waals surface area contributed by atoms with Crippen LogP contribution in [0.15, 0.2) is 17.0 Å². The van der Waals surface area contributed by atoms with Gasteiger partial charge in [-0.2, -0.15) is 16.1 Å². The van der Waals surface area contributed by atoms with Gasteiger partial charge in [0.2, 0.25) is 10.0 Å². The summed E-state index contributed by atoms with van der Waals surface area (Å²) in [5.41, 5.74) is 0.530. The van der Waals surface area contributed by atoms with Gasteiger partial charge in [0.1, 0.15) is 5.82 Å². The Hall–Kier alpha value is -0.300. The number of halogens is 2. The summed E-state index contributed by atoms with van der Waals surface area (Å²) in [6.07, 6.45) is 0. The van der Waals surface area contributed by atoms with Crippen LogP contribution in [0.1, 0.15) is 25.0 Å². The van der Waals surface area contributed by atoms with E-state index in [0.717, 1.165) is 0 Å². The largest absolute Gasteiger partial charge is 0.243 e. The normalized spacial score (nSPS) is 24.2. The third-order valence-corrected chi connectivity index (χ3v) is 6.80. The molecule has 2 unspecified atom stereocenters. The van der Waals surface area contributed by atoms with Crippen LogP contribution in [0.25, 0.3) is 0 Å². The first-order valence-electron chi connectivity index (χ1n) is 6.76. The molecule has 0 aliphatic carbocycles. The Morgan fingerprint density at radius 2 is 1.90 bits per heavy atom. The number of alkyl halides is 1. The topological polar surface area (TPSA) is 37.4 Å². The summed E-state index contributed by atoms with van der Waals surface area (Å²) in [5, 5.41) is 0.495. The molecule has 118 valence electrons. The number of hydrogen-bond acceptors (Lipinski definition) is 3. The lowest BCUT2D eigenvalue weighted by Crippen LogP contribution is -2.43. The summed E-state index contributed by atoms with van der Waals surface area (Å²) in [6.45, 7) is 6.54. The van der Waals surface area contributed by atoms with E-state index in [0.29, 0.717) is 18.7 Å². The van der Waals surface area contributed by atoms with Gasteiger partial charge in [0.25, 0.3) is 0 Å². The fourth-order valence-electron chi connectivity index (χ4n) is 2.53. The minimum Gasteiger partial charge on any atom is -0.207 e. The first-order valence-corrected chi connectivity index (χ1v) is 9.68. The maximum Gasteiger partial charge on any atom is 0.243 e. The van der Waals surface area contributed by atoms with Crippen molar-refractivity contribution in [3.05, 3.63) is 29.1 Å². The lowest BCUT2D eigenvalue weighted by atomic mass is 10.1. The van der Waals surface area contributed by atoms with E-state index < -0.39 is 15.8 Å². The van der Waals surface area contributed by atoms with E-state index in [9.17, 15) is 12.8 Å². The molecule has 0 N–H and O–H groups in total. The zero-order valence-electron chi connectivity index (χ0n) is 12.3. The fourth-order valence-corrected chi connectivity index (χ4v) is 5.99. The summed E-state index contributed by atoms with van der Waals surface area (Å²) >= 11 is 7.49. The number of hydrogen-bond donors (Lipinski definition) is 0. The number of rotatable bonds is 3. The molecule has 1 saturated heterocycles. The Kier molecular flexibility index (Phi) is 5.23. The van der Waals surface area contributed by atoms with E-state index in [2.05, 4.69) is 0 Å². The second-order valence-corrected chi connectivity index (χ2v) is 9.51. The van der Waals surface area contributed by atoms with Gasteiger partial charge >= 0.3 is 0 Å². The van der Waals surface area contributed by atoms with Crippen molar-refractivity contribution >= 4 is 33.4 Å². The number of aryl methyl sites for hydroxylation is 1. The minimum atomic E-state index is -3.61. The Balaban J connectivity index is 2.42. The molecular formula is C14H19ClFNO2S2. The van der Waals surface area contributed by atoms with Gasteiger partial charge in [-0.1, -0.05) is 13.8 Å². The maximum atomic E-state index is 13.8. The van der Waals surface area contributed by atoms with Crippen molar-refractivity contribution in [3.63, 3.8) is 0 Å². The molecule has 0 saturated carbocycles. The highest BCUT2D eigenvalue weighted by Gasteiger charge is 2.32. The van der Waals surface area contributed by atoms with Crippen LogP contribution in [-0.4, -0.2) is 36.3 Å². The second kappa shape index (κ2) is 6.44. The molecule has 1 fully saturated rings. The average molecular weight is 352 g/mol. The molecule has 0 spiro atoms. The van der Waals surface area contributed by atoms with Crippen molar-refractivity contribution in [3.8, 4) is 0 Å². The van der Waals surface area contributed by atoms with Crippen LogP contribution in [0.4, 0.5) is 4.39 Å². The van der Waals surface area contributed by atoms with Crippen molar-refractivity contribution in [1.29, 1.82) is 0 Å². The van der Waals surface area contributed by atoms with Crippen molar-refractivity contribution in [2.75, 3.05) is 13.1 Å². The summed E-state index contributed by atoms with van der Waals surface area (Å²) in [5.74, 6) is -0.474. The maximum absolute atomic E-state index is 13.8. The highest BCUT2D eigenvalue weighted by Crippen LogP contribution is 2.30. The third kappa shape index (κ3) is 3.55. The number of thioether (sulfide) groups is 1. The van der Waals surface area contributed by atoms with Crippen LogP contribution >= 0.6 is 23.4 Å². The number of sulfonamides is 1. The molecule has 1 aromatic rings. The molecular weight excluding hydrogens is 333 g/mol. The van der Waals surface area contributed by atoms with Crippen LogP contribution in [0.2, 0.25) is 0 Å². The highest BCUT2D eigenvalue weighted by atomic mass is 35.5. The van der Waals surface area contributed by atoms with Crippen LogP contribution in [0.5, 0.6) is 0 Å². The lowest BCUT2D eigenvalue weighted by Gasteiger charge is -2.33. The molecule has 3 nitrogen and oxygen atoms in total. The molecule has 0 aromatic heterocycles. The quantitative estimate of drug-likeness (QED) is 0.783. The molecule has 2 rings (SSSR count). The van der Waals surface area contributed by atoms with Crippen molar-refractivity contribution in [1.82, 2.24) is 4.31 Å². The van der Waals surface area contributed by atoms with Crippen LogP contribution in [0.3, 0.4) is 0 Å². The molecule has 0 amide bonds. The Bertz CT molecular complexity index is 626. The molecule has 1 aliphatic heterocycles. The Morgan fingerprint density at radius 3 is 2.43 bits per heavy atom. The first kappa shape index (κ1) is 17.1. The summed E-state index contributed by atoms with van der Waals surface area (Å²) in [4.78, 5) is 0.128. The fraction of sp³-hybridized carbons (Fsp3) is 0.571.